The van der Waals surface area contributed by atoms with E-state index >= 15 is 0 Å². The van der Waals surface area contributed by atoms with E-state index in [-0.39, 0.29) is 17.2 Å². The largest absolute Gasteiger partial charge is 0.466 e. The second kappa shape index (κ2) is 7.17. The normalized spacial score (nSPS) is 11.4. The van der Waals surface area contributed by atoms with Gasteiger partial charge in [0.15, 0.2) is 0 Å². The third-order valence-electron chi connectivity index (χ3n) is 4.03. The first-order chi connectivity index (χ1) is 11.6. The summed E-state index contributed by atoms with van der Waals surface area (Å²) in [5, 5.41) is 5.81. The molecule has 0 aromatic carbocycles. The van der Waals surface area contributed by atoms with Gasteiger partial charge in [0.1, 0.15) is 23.0 Å². The molecule has 0 aliphatic heterocycles. The highest BCUT2D eigenvalue weighted by atomic mass is 16.3. The number of carbonyl (C=O) groups excluding carboxylic acids is 2. The van der Waals surface area contributed by atoms with Crippen molar-refractivity contribution in [3.8, 4) is 0 Å². The van der Waals surface area contributed by atoms with Crippen LogP contribution in [0.1, 0.15) is 57.6 Å². The van der Waals surface area contributed by atoms with E-state index in [0.717, 1.165) is 0 Å². The van der Waals surface area contributed by atoms with E-state index in [4.69, 9.17) is 8.83 Å². The van der Waals surface area contributed by atoms with Gasteiger partial charge in [-0.15, -0.1) is 0 Å². The Labute approximate surface area is 148 Å². The van der Waals surface area contributed by atoms with Crippen LogP contribution in [0.3, 0.4) is 0 Å². The minimum atomic E-state index is -0.301. The molecule has 6 nitrogen and oxygen atoms in total. The van der Waals surface area contributed by atoms with Crippen molar-refractivity contribution in [3.05, 3.63) is 46.3 Å². The van der Waals surface area contributed by atoms with Crippen LogP contribution in [0.5, 0.6) is 0 Å². The molecule has 0 atom stereocenters. The van der Waals surface area contributed by atoms with Crippen LogP contribution in [0.25, 0.3) is 0 Å². The maximum Gasteiger partial charge on any atom is 0.254 e. The Balaban J connectivity index is 1.89. The first-order valence-electron chi connectivity index (χ1n) is 8.29. The molecular weight excluding hydrogens is 320 g/mol. The second-order valence-electron chi connectivity index (χ2n) is 7.18. The number of carbonyl (C=O) groups is 2. The maximum atomic E-state index is 12.3. The first kappa shape index (κ1) is 18.8. The summed E-state index contributed by atoms with van der Waals surface area (Å²) in [7, 11) is 0. The number of amides is 2. The molecule has 2 N–H and O–H groups in total. The Hall–Kier alpha value is -2.50. The van der Waals surface area contributed by atoms with Crippen LogP contribution in [0, 0.1) is 33.1 Å². The van der Waals surface area contributed by atoms with Crippen molar-refractivity contribution in [2.45, 2.75) is 41.5 Å². The number of rotatable bonds is 6. The quantitative estimate of drug-likeness (QED) is 0.840. The molecule has 0 spiro atoms. The molecule has 2 aromatic rings. The topological polar surface area (TPSA) is 84.5 Å². The van der Waals surface area contributed by atoms with Crippen molar-refractivity contribution in [1.29, 1.82) is 0 Å². The van der Waals surface area contributed by atoms with Gasteiger partial charge in [-0.25, -0.2) is 0 Å². The number of aryl methyl sites for hydroxylation is 4. The van der Waals surface area contributed by atoms with E-state index in [1.807, 2.05) is 27.7 Å². The molecular formula is C19H26N2O4. The van der Waals surface area contributed by atoms with Crippen molar-refractivity contribution in [1.82, 2.24) is 10.6 Å². The molecule has 0 unspecified atom stereocenters. The molecule has 6 heteroatoms. The Kier molecular flexibility index (Phi) is 5.40. The van der Waals surface area contributed by atoms with Gasteiger partial charge in [-0.3, -0.25) is 9.59 Å². The van der Waals surface area contributed by atoms with Crippen LogP contribution in [-0.4, -0.2) is 24.9 Å². The lowest BCUT2D eigenvalue weighted by molar-refractivity contribution is 0.0918. The van der Waals surface area contributed by atoms with E-state index in [2.05, 4.69) is 10.6 Å². The van der Waals surface area contributed by atoms with Gasteiger partial charge in [0.05, 0.1) is 11.1 Å². The van der Waals surface area contributed by atoms with E-state index in [9.17, 15) is 9.59 Å². The lowest BCUT2D eigenvalue weighted by Crippen LogP contribution is -2.42. The summed E-state index contributed by atoms with van der Waals surface area (Å²) in [5.41, 5.74) is 0.786. The number of hydrogen-bond acceptors (Lipinski definition) is 4. The Morgan fingerprint density at radius 2 is 1.20 bits per heavy atom. The monoisotopic (exact) mass is 346 g/mol. The molecule has 0 aliphatic rings. The Bertz CT molecular complexity index is 719. The summed E-state index contributed by atoms with van der Waals surface area (Å²) in [6, 6.07) is 3.45. The molecule has 2 rings (SSSR count). The lowest BCUT2D eigenvalue weighted by Gasteiger charge is -2.25. The molecule has 2 aromatic heterocycles. The average Bonchev–Trinajstić information content (AvgIpc) is 3.03. The zero-order valence-electron chi connectivity index (χ0n) is 15.7. The molecule has 2 heterocycles. The van der Waals surface area contributed by atoms with Gasteiger partial charge in [0, 0.05) is 13.1 Å². The number of furan rings is 2. The molecule has 0 fully saturated rings. The van der Waals surface area contributed by atoms with Crippen molar-refractivity contribution >= 4 is 11.8 Å². The molecule has 0 aliphatic carbocycles. The van der Waals surface area contributed by atoms with E-state index in [1.165, 1.54) is 0 Å². The predicted molar refractivity (Wildman–Crippen MR) is 94.8 cm³/mol. The van der Waals surface area contributed by atoms with Crippen LogP contribution in [0.4, 0.5) is 0 Å². The van der Waals surface area contributed by atoms with Gasteiger partial charge >= 0.3 is 0 Å². The van der Waals surface area contributed by atoms with E-state index in [1.54, 1.807) is 26.0 Å². The smallest absolute Gasteiger partial charge is 0.254 e. The van der Waals surface area contributed by atoms with Gasteiger partial charge in [0.2, 0.25) is 0 Å². The van der Waals surface area contributed by atoms with Gasteiger partial charge in [0.25, 0.3) is 11.8 Å². The molecule has 25 heavy (non-hydrogen) atoms. The lowest BCUT2D eigenvalue weighted by atomic mass is 9.93. The third-order valence-corrected chi connectivity index (χ3v) is 4.03. The van der Waals surface area contributed by atoms with Gasteiger partial charge in [-0.1, -0.05) is 13.8 Å². The SMILES string of the molecule is Cc1cc(C(=O)NCC(C)(C)CNC(=O)c2cc(C)oc2C)c(C)o1. The van der Waals surface area contributed by atoms with Gasteiger partial charge < -0.3 is 19.5 Å². The first-order valence-corrected chi connectivity index (χ1v) is 8.29. The van der Waals surface area contributed by atoms with Crippen LogP contribution in [-0.2, 0) is 0 Å². The Morgan fingerprint density at radius 3 is 1.48 bits per heavy atom. The molecule has 0 radical (unpaired) electrons. The molecule has 0 saturated carbocycles. The fraction of sp³-hybridized carbons (Fsp3) is 0.474. The second-order valence-corrected chi connectivity index (χ2v) is 7.18. The zero-order chi connectivity index (χ0) is 18.8. The summed E-state index contributed by atoms with van der Waals surface area (Å²) < 4.78 is 10.8. The standard InChI is InChI=1S/C19H26N2O4/c1-11-7-15(13(3)24-11)17(22)20-9-19(5,6)10-21-18(23)16-8-12(2)25-14(16)4/h7-8H,9-10H2,1-6H3,(H,20,22)(H,21,23). The minimum absolute atomic E-state index is 0.171. The fourth-order valence-electron chi connectivity index (χ4n) is 2.60. The number of hydrogen-bond donors (Lipinski definition) is 2. The van der Waals surface area contributed by atoms with Crippen molar-refractivity contribution in [2.75, 3.05) is 13.1 Å². The molecule has 136 valence electrons. The summed E-state index contributed by atoms with van der Waals surface area (Å²) in [6.45, 7) is 12.0. The summed E-state index contributed by atoms with van der Waals surface area (Å²) in [4.78, 5) is 24.5. The molecule has 0 bridgehead atoms. The highest BCUT2D eigenvalue weighted by Gasteiger charge is 2.23. The van der Waals surface area contributed by atoms with E-state index in [0.29, 0.717) is 47.3 Å². The summed E-state index contributed by atoms with van der Waals surface area (Å²) in [6.07, 6.45) is 0. The van der Waals surface area contributed by atoms with Crippen molar-refractivity contribution in [3.63, 3.8) is 0 Å². The third kappa shape index (κ3) is 4.75. The van der Waals surface area contributed by atoms with Gasteiger partial charge in [-0.2, -0.15) is 0 Å². The Morgan fingerprint density at radius 1 is 0.840 bits per heavy atom. The average molecular weight is 346 g/mol. The summed E-state index contributed by atoms with van der Waals surface area (Å²) in [5.74, 6) is 2.28. The zero-order valence-corrected chi connectivity index (χ0v) is 15.7. The summed E-state index contributed by atoms with van der Waals surface area (Å²) >= 11 is 0. The molecule has 2 amide bonds. The van der Waals surface area contributed by atoms with Crippen LogP contribution >= 0.6 is 0 Å². The number of nitrogens with one attached hydrogen (secondary N) is 2. The van der Waals surface area contributed by atoms with Crippen LogP contribution in [0.2, 0.25) is 0 Å². The predicted octanol–water partition coefficient (Wildman–Crippen LogP) is 3.29. The van der Waals surface area contributed by atoms with Crippen molar-refractivity contribution in [2.24, 2.45) is 5.41 Å². The van der Waals surface area contributed by atoms with Crippen molar-refractivity contribution < 1.29 is 18.4 Å². The molecule has 0 saturated heterocycles. The van der Waals surface area contributed by atoms with E-state index < -0.39 is 0 Å². The maximum absolute atomic E-state index is 12.3. The van der Waals surface area contributed by atoms with Crippen LogP contribution < -0.4 is 10.6 Å². The highest BCUT2D eigenvalue weighted by Crippen LogP contribution is 2.17. The van der Waals surface area contributed by atoms with Gasteiger partial charge in [-0.05, 0) is 45.2 Å². The van der Waals surface area contributed by atoms with Crippen LogP contribution in [0.15, 0.2) is 21.0 Å². The highest BCUT2D eigenvalue weighted by molar-refractivity contribution is 5.96. The minimum Gasteiger partial charge on any atom is -0.466 e. The fourth-order valence-corrected chi connectivity index (χ4v) is 2.60.